The van der Waals surface area contributed by atoms with Crippen LogP contribution < -0.4 is 20.7 Å². The maximum absolute atomic E-state index is 5.67. The number of nitrogens with two attached hydrogens (primary N) is 1. The summed E-state index contributed by atoms with van der Waals surface area (Å²) in [6, 6.07) is 5.77. The van der Waals surface area contributed by atoms with E-state index in [1.54, 1.807) is 18.9 Å². The Bertz CT molecular complexity index is 568. The molecule has 1 aromatic heterocycles. The van der Waals surface area contributed by atoms with E-state index in [-0.39, 0.29) is 6.04 Å². The Morgan fingerprint density at radius 2 is 2.05 bits per heavy atom. The van der Waals surface area contributed by atoms with E-state index in [1.807, 2.05) is 37.6 Å². The summed E-state index contributed by atoms with van der Waals surface area (Å²) in [4.78, 5) is 0. The second-order valence-corrected chi connectivity index (χ2v) is 4.56. The third-order valence-electron chi connectivity index (χ3n) is 3.21. The number of benzene rings is 1. The number of methoxy groups -OCH3 is 2. The summed E-state index contributed by atoms with van der Waals surface area (Å²) in [5, 5.41) is 4.16. The van der Waals surface area contributed by atoms with Crippen LogP contribution in [0.1, 0.15) is 17.2 Å². The quantitative estimate of drug-likeness (QED) is 0.612. The first kappa shape index (κ1) is 14.4. The minimum Gasteiger partial charge on any atom is -0.493 e. The second kappa shape index (κ2) is 6.40. The van der Waals surface area contributed by atoms with Gasteiger partial charge >= 0.3 is 0 Å². The molecule has 20 heavy (non-hydrogen) atoms. The lowest BCUT2D eigenvalue weighted by molar-refractivity contribution is 0.353. The zero-order chi connectivity index (χ0) is 14.5. The molecule has 2 rings (SSSR count). The largest absolute Gasteiger partial charge is 0.493 e. The van der Waals surface area contributed by atoms with Crippen LogP contribution in [0.25, 0.3) is 0 Å². The molecule has 0 saturated carbocycles. The molecule has 0 bridgehead atoms. The molecule has 1 heterocycles. The molecule has 2 aromatic rings. The normalized spacial score (nSPS) is 12.2. The van der Waals surface area contributed by atoms with E-state index in [2.05, 4.69) is 10.5 Å². The fraction of sp³-hybridized carbons (Fsp3) is 0.357. The van der Waals surface area contributed by atoms with E-state index in [9.17, 15) is 0 Å². The summed E-state index contributed by atoms with van der Waals surface area (Å²) in [6.07, 6.45) is 4.57. The molecule has 6 heteroatoms. The van der Waals surface area contributed by atoms with Crippen molar-refractivity contribution in [1.29, 1.82) is 0 Å². The Labute approximate surface area is 118 Å². The Kier molecular flexibility index (Phi) is 4.60. The van der Waals surface area contributed by atoms with Gasteiger partial charge < -0.3 is 9.47 Å². The number of aromatic nitrogens is 2. The first-order chi connectivity index (χ1) is 9.67. The lowest BCUT2D eigenvalue weighted by atomic mass is 10.0. The third kappa shape index (κ3) is 3.09. The van der Waals surface area contributed by atoms with Crippen LogP contribution >= 0.6 is 0 Å². The number of hydrazine groups is 1. The van der Waals surface area contributed by atoms with Crippen molar-refractivity contribution >= 4 is 0 Å². The molecule has 6 nitrogen and oxygen atoms in total. The van der Waals surface area contributed by atoms with E-state index in [0.29, 0.717) is 11.5 Å². The standard InChI is InChI=1S/C14H20N4O2/c1-18-9-10(8-16-18)6-12(17-15)11-4-5-13(19-2)14(7-11)20-3/h4-5,7-9,12,17H,6,15H2,1-3H3. The first-order valence-corrected chi connectivity index (χ1v) is 6.33. The van der Waals surface area contributed by atoms with Gasteiger partial charge in [-0.1, -0.05) is 6.07 Å². The highest BCUT2D eigenvalue weighted by atomic mass is 16.5. The summed E-state index contributed by atoms with van der Waals surface area (Å²) in [7, 11) is 5.13. The Morgan fingerprint density at radius 3 is 2.60 bits per heavy atom. The zero-order valence-electron chi connectivity index (χ0n) is 12.0. The van der Waals surface area contributed by atoms with Crippen LogP contribution in [0.5, 0.6) is 11.5 Å². The summed E-state index contributed by atoms with van der Waals surface area (Å²) in [5.74, 6) is 7.07. The molecule has 3 N–H and O–H groups in total. The second-order valence-electron chi connectivity index (χ2n) is 4.56. The van der Waals surface area contributed by atoms with Crippen molar-refractivity contribution < 1.29 is 9.47 Å². The van der Waals surface area contributed by atoms with Gasteiger partial charge in [0, 0.05) is 13.2 Å². The lowest BCUT2D eigenvalue weighted by Gasteiger charge is -2.17. The van der Waals surface area contributed by atoms with Crippen LogP contribution in [-0.2, 0) is 13.5 Å². The van der Waals surface area contributed by atoms with Gasteiger partial charge in [0.1, 0.15) is 0 Å². The van der Waals surface area contributed by atoms with Crippen molar-refractivity contribution in [1.82, 2.24) is 15.2 Å². The number of ether oxygens (including phenoxy) is 2. The van der Waals surface area contributed by atoms with Gasteiger partial charge in [0.05, 0.1) is 26.5 Å². The van der Waals surface area contributed by atoms with Gasteiger partial charge in [0.2, 0.25) is 0 Å². The molecule has 0 radical (unpaired) electrons. The summed E-state index contributed by atoms with van der Waals surface area (Å²) in [5.41, 5.74) is 4.98. The highest BCUT2D eigenvalue weighted by Crippen LogP contribution is 2.30. The van der Waals surface area contributed by atoms with E-state index in [1.165, 1.54) is 0 Å². The average molecular weight is 276 g/mol. The summed E-state index contributed by atoms with van der Waals surface area (Å²) >= 11 is 0. The maximum Gasteiger partial charge on any atom is 0.161 e. The van der Waals surface area contributed by atoms with Crippen molar-refractivity contribution in [3.05, 3.63) is 41.7 Å². The van der Waals surface area contributed by atoms with E-state index < -0.39 is 0 Å². The fourth-order valence-corrected chi connectivity index (χ4v) is 2.16. The number of rotatable bonds is 6. The molecule has 0 aliphatic rings. The molecule has 0 spiro atoms. The van der Waals surface area contributed by atoms with Gasteiger partial charge in [-0.05, 0) is 29.7 Å². The molecule has 1 aromatic carbocycles. The average Bonchev–Trinajstić information content (AvgIpc) is 2.89. The zero-order valence-corrected chi connectivity index (χ0v) is 12.0. The van der Waals surface area contributed by atoms with Crippen molar-refractivity contribution in [2.45, 2.75) is 12.5 Å². The Morgan fingerprint density at radius 1 is 1.30 bits per heavy atom. The number of nitrogens with one attached hydrogen (secondary N) is 1. The molecular weight excluding hydrogens is 256 g/mol. The monoisotopic (exact) mass is 276 g/mol. The van der Waals surface area contributed by atoms with Gasteiger partial charge in [-0.15, -0.1) is 0 Å². The molecule has 1 unspecified atom stereocenters. The topological polar surface area (TPSA) is 74.3 Å². The number of hydrogen-bond acceptors (Lipinski definition) is 5. The first-order valence-electron chi connectivity index (χ1n) is 6.33. The highest BCUT2D eigenvalue weighted by Gasteiger charge is 2.14. The number of nitrogens with zero attached hydrogens (tertiary/aromatic N) is 2. The van der Waals surface area contributed by atoms with Crippen LogP contribution in [0.2, 0.25) is 0 Å². The maximum atomic E-state index is 5.67. The van der Waals surface area contributed by atoms with Crippen LogP contribution in [0.15, 0.2) is 30.6 Å². The molecule has 0 aliphatic carbocycles. The molecule has 0 saturated heterocycles. The SMILES string of the molecule is COc1ccc(C(Cc2cnn(C)c2)NN)cc1OC. The summed E-state index contributed by atoms with van der Waals surface area (Å²) < 4.78 is 12.3. The van der Waals surface area contributed by atoms with Crippen molar-refractivity contribution in [3.63, 3.8) is 0 Å². The number of hydrogen-bond donors (Lipinski definition) is 2. The van der Waals surface area contributed by atoms with Crippen LogP contribution in [0.3, 0.4) is 0 Å². The molecule has 0 amide bonds. The Hall–Kier alpha value is -2.05. The smallest absolute Gasteiger partial charge is 0.161 e. The van der Waals surface area contributed by atoms with Crippen LogP contribution in [0.4, 0.5) is 0 Å². The third-order valence-corrected chi connectivity index (χ3v) is 3.21. The minimum atomic E-state index is -0.0148. The highest BCUT2D eigenvalue weighted by molar-refractivity contribution is 5.44. The Balaban J connectivity index is 2.22. The van der Waals surface area contributed by atoms with Crippen LogP contribution in [0, 0.1) is 0 Å². The van der Waals surface area contributed by atoms with E-state index in [0.717, 1.165) is 17.5 Å². The fourth-order valence-electron chi connectivity index (χ4n) is 2.16. The van der Waals surface area contributed by atoms with Gasteiger partial charge in [0.15, 0.2) is 11.5 Å². The predicted octanol–water partition coefficient (Wildman–Crippen LogP) is 1.18. The molecule has 108 valence electrons. The van der Waals surface area contributed by atoms with E-state index in [4.69, 9.17) is 15.3 Å². The van der Waals surface area contributed by atoms with Gasteiger partial charge in [-0.3, -0.25) is 16.0 Å². The number of aryl methyl sites for hydroxylation is 1. The van der Waals surface area contributed by atoms with Gasteiger partial charge in [0.25, 0.3) is 0 Å². The molecule has 1 atom stereocenters. The van der Waals surface area contributed by atoms with Crippen molar-refractivity contribution in [2.24, 2.45) is 12.9 Å². The molecule has 0 aliphatic heterocycles. The van der Waals surface area contributed by atoms with Crippen molar-refractivity contribution in [2.75, 3.05) is 14.2 Å². The van der Waals surface area contributed by atoms with E-state index >= 15 is 0 Å². The minimum absolute atomic E-state index is 0.0148. The van der Waals surface area contributed by atoms with Crippen LogP contribution in [-0.4, -0.2) is 24.0 Å². The lowest BCUT2D eigenvalue weighted by Crippen LogP contribution is -2.29. The molecular formula is C14H20N4O2. The van der Waals surface area contributed by atoms with Crippen molar-refractivity contribution in [3.8, 4) is 11.5 Å². The van der Waals surface area contributed by atoms with Gasteiger partial charge in [-0.2, -0.15) is 5.10 Å². The van der Waals surface area contributed by atoms with Gasteiger partial charge in [-0.25, -0.2) is 0 Å². The summed E-state index contributed by atoms with van der Waals surface area (Å²) in [6.45, 7) is 0. The molecule has 0 fully saturated rings. The predicted molar refractivity (Wildman–Crippen MR) is 76.5 cm³/mol.